The second-order valence-electron chi connectivity index (χ2n) is 5.97. The first-order chi connectivity index (χ1) is 10.9. The minimum Gasteiger partial charge on any atom is -0.495 e. The van der Waals surface area contributed by atoms with Gasteiger partial charge in [0.25, 0.3) is 0 Å². The predicted octanol–water partition coefficient (Wildman–Crippen LogP) is 2.46. The third-order valence-electron chi connectivity index (χ3n) is 4.18. The first kappa shape index (κ1) is 17.7. The van der Waals surface area contributed by atoms with Crippen LogP contribution in [0.25, 0.3) is 0 Å². The normalized spacial score (nSPS) is 16.3. The molecule has 6 nitrogen and oxygen atoms in total. The van der Waals surface area contributed by atoms with E-state index in [2.05, 4.69) is 5.32 Å². The largest absolute Gasteiger partial charge is 0.495 e. The van der Waals surface area contributed by atoms with E-state index in [0.717, 1.165) is 30.0 Å². The van der Waals surface area contributed by atoms with Crippen molar-refractivity contribution in [3.63, 3.8) is 0 Å². The highest BCUT2D eigenvalue weighted by Crippen LogP contribution is 2.31. The van der Waals surface area contributed by atoms with Crippen molar-refractivity contribution >= 4 is 21.6 Å². The number of carbonyl (C=O) groups is 1. The predicted molar refractivity (Wildman–Crippen MR) is 89.1 cm³/mol. The number of sulfonamides is 1. The highest BCUT2D eigenvalue weighted by atomic mass is 32.2. The van der Waals surface area contributed by atoms with Crippen LogP contribution in [0.2, 0.25) is 0 Å². The Labute approximate surface area is 137 Å². The Hall–Kier alpha value is -1.60. The Morgan fingerprint density at radius 1 is 1.22 bits per heavy atom. The first-order valence-corrected chi connectivity index (χ1v) is 9.21. The van der Waals surface area contributed by atoms with Crippen molar-refractivity contribution in [2.24, 2.45) is 5.92 Å². The number of nitrogens with one attached hydrogen (secondary N) is 1. The quantitative estimate of drug-likeness (QED) is 0.893. The lowest BCUT2D eigenvalue weighted by atomic mass is 9.88. The second kappa shape index (κ2) is 7.31. The molecular weight excluding hydrogens is 316 g/mol. The van der Waals surface area contributed by atoms with Gasteiger partial charge in [-0.25, -0.2) is 12.7 Å². The molecule has 0 unspecified atom stereocenters. The van der Waals surface area contributed by atoms with E-state index in [1.807, 2.05) is 0 Å². The molecule has 128 valence electrons. The third-order valence-corrected chi connectivity index (χ3v) is 5.99. The number of ether oxygens (including phenoxy) is 1. The molecule has 1 aromatic rings. The number of anilines is 1. The number of benzene rings is 1. The number of methoxy groups -OCH3 is 1. The maximum absolute atomic E-state index is 12.4. The summed E-state index contributed by atoms with van der Waals surface area (Å²) in [5.41, 5.74) is 0.394. The number of hydrogen-bond donors (Lipinski definition) is 1. The summed E-state index contributed by atoms with van der Waals surface area (Å²) in [6.45, 7) is 0. The van der Waals surface area contributed by atoms with Gasteiger partial charge in [-0.15, -0.1) is 0 Å². The Kier molecular flexibility index (Phi) is 5.64. The van der Waals surface area contributed by atoms with Crippen LogP contribution in [0.4, 0.5) is 5.69 Å². The molecule has 0 bridgehead atoms. The van der Waals surface area contributed by atoms with Crippen LogP contribution in [0.5, 0.6) is 5.75 Å². The van der Waals surface area contributed by atoms with E-state index in [4.69, 9.17) is 4.74 Å². The van der Waals surface area contributed by atoms with Gasteiger partial charge in [0.15, 0.2) is 0 Å². The van der Waals surface area contributed by atoms with Crippen molar-refractivity contribution in [3.05, 3.63) is 18.2 Å². The molecule has 1 N–H and O–H groups in total. The maximum Gasteiger partial charge on any atom is 0.242 e. The van der Waals surface area contributed by atoms with Gasteiger partial charge in [0.1, 0.15) is 5.75 Å². The molecule has 7 heteroatoms. The fourth-order valence-electron chi connectivity index (χ4n) is 2.76. The summed E-state index contributed by atoms with van der Waals surface area (Å²) in [5.74, 6) is 0.372. The SMILES string of the molecule is COc1ccc(S(=O)(=O)N(C)C)cc1NC(=O)C1CCCCC1. The van der Waals surface area contributed by atoms with E-state index < -0.39 is 10.0 Å². The molecule has 1 aromatic carbocycles. The molecule has 1 amide bonds. The smallest absolute Gasteiger partial charge is 0.242 e. The first-order valence-electron chi connectivity index (χ1n) is 7.77. The summed E-state index contributed by atoms with van der Waals surface area (Å²) in [6, 6.07) is 4.49. The van der Waals surface area contributed by atoms with Gasteiger partial charge in [-0.1, -0.05) is 19.3 Å². The summed E-state index contributed by atoms with van der Waals surface area (Å²) < 4.78 is 30.9. The van der Waals surface area contributed by atoms with Crippen molar-refractivity contribution in [3.8, 4) is 5.75 Å². The Morgan fingerprint density at radius 3 is 2.43 bits per heavy atom. The molecule has 0 atom stereocenters. The minimum absolute atomic E-state index is 0.0115. The molecule has 23 heavy (non-hydrogen) atoms. The fourth-order valence-corrected chi connectivity index (χ4v) is 3.68. The van der Waals surface area contributed by atoms with Crippen LogP contribution in [0.15, 0.2) is 23.1 Å². The van der Waals surface area contributed by atoms with E-state index in [9.17, 15) is 13.2 Å². The molecule has 2 rings (SSSR count). The van der Waals surface area contributed by atoms with Gasteiger partial charge < -0.3 is 10.1 Å². The van der Waals surface area contributed by atoms with Gasteiger partial charge in [0.05, 0.1) is 17.7 Å². The summed E-state index contributed by atoms with van der Waals surface area (Å²) in [5, 5.41) is 2.84. The van der Waals surface area contributed by atoms with Gasteiger partial charge in [-0.2, -0.15) is 0 Å². The number of hydrogen-bond acceptors (Lipinski definition) is 4. The molecule has 0 heterocycles. The number of amides is 1. The van der Waals surface area contributed by atoms with Crippen molar-refractivity contribution in [2.75, 3.05) is 26.5 Å². The van der Waals surface area contributed by atoms with Crippen molar-refractivity contribution < 1.29 is 17.9 Å². The topological polar surface area (TPSA) is 75.7 Å². The average Bonchev–Trinajstić information content (AvgIpc) is 2.55. The van der Waals surface area contributed by atoms with Crippen molar-refractivity contribution in [2.45, 2.75) is 37.0 Å². The molecule has 1 aliphatic rings. The van der Waals surface area contributed by atoms with E-state index in [1.54, 1.807) is 6.07 Å². The maximum atomic E-state index is 12.4. The molecule has 0 aliphatic heterocycles. The van der Waals surface area contributed by atoms with Gasteiger partial charge in [0, 0.05) is 20.0 Å². The second-order valence-corrected chi connectivity index (χ2v) is 8.13. The van der Waals surface area contributed by atoms with Crippen LogP contribution in [0.3, 0.4) is 0 Å². The summed E-state index contributed by atoms with van der Waals surface area (Å²) in [6.07, 6.45) is 5.05. The van der Waals surface area contributed by atoms with Crippen LogP contribution in [0.1, 0.15) is 32.1 Å². The zero-order valence-corrected chi connectivity index (χ0v) is 14.6. The monoisotopic (exact) mass is 340 g/mol. The molecule has 1 aliphatic carbocycles. The van der Waals surface area contributed by atoms with Gasteiger partial charge >= 0.3 is 0 Å². The fraction of sp³-hybridized carbons (Fsp3) is 0.562. The molecule has 1 saturated carbocycles. The minimum atomic E-state index is -3.56. The number of nitrogens with zero attached hydrogens (tertiary/aromatic N) is 1. The lowest BCUT2D eigenvalue weighted by molar-refractivity contribution is -0.120. The lowest BCUT2D eigenvalue weighted by Gasteiger charge is -2.22. The molecule has 0 saturated heterocycles. The molecule has 1 fully saturated rings. The van der Waals surface area contributed by atoms with Gasteiger partial charge in [-0.05, 0) is 31.0 Å². The summed E-state index contributed by atoms with van der Waals surface area (Å²) in [7, 11) is 0.877. The van der Waals surface area contributed by atoms with Gasteiger partial charge in [-0.3, -0.25) is 4.79 Å². The molecular formula is C16H24N2O4S. The van der Waals surface area contributed by atoms with Crippen LogP contribution >= 0.6 is 0 Å². The highest BCUT2D eigenvalue weighted by molar-refractivity contribution is 7.89. The Bertz CT molecular complexity index is 665. The van der Waals surface area contributed by atoms with E-state index in [0.29, 0.717) is 11.4 Å². The Morgan fingerprint density at radius 2 is 1.87 bits per heavy atom. The lowest BCUT2D eigenvalue weighted by Crippen LogP contribution is -2.25. The van der Waals surface area contributed by atoms with Crippen LogP contribution in [-0.4, -0.2) is 39.8 Å². The number of rotatable bonds is 5. The standard InChI is InChI=1S/C16H24N2O4S/c1-18(2)23(20,21)13-9-10-15(22-3)14(11-13)17-16(19)12-7-5-4-6-8-12/h9-12H,4-8H2,1-3H3,(H,17,19). The van der Waals surface area contributed by atoms with Crippen LogP contribution in [0, 0.1) is 5.92 Å². The highest BCUT2D eigenvalue weighted by Gasteiger charge is 2.24. The van der Waals surface area contributed by atoms with Crippen LogP contribution in [-0.2, 0) is 14.8 Å². The van der Waals surface area contributed by atoms with Crippen molar-refractivity contribution in [1.82, 2.24) is 4.31 Å². The van der Waals surface area contributed by atoms with Crippen molar-refractivity contribution in [1.29, 1.82) is 0 Å². The number of carbonyl (C=O) groups excluding carboxylic acids is 1. The average molecular weight is 340 g/mol. The molecule has 0 radical (unpaired) electrons. The zero-order valence-electron chi connectivity index (χ0n) is 13.8. The van der Waals surface area contributed by atoms with E-state index in [-0.39, 0.29) is 16.7 Å². The molecule has 0 aromatic heterocycles. The van der Waals surface area contributed by atoms with E-state index >= 15 is 0 Å². The zero-order chi connectivity index (χ0) is 17.0. The summed E-state index contributed by atoms with van der Waals surface area (Å²) in [4.78, 5) is 12.5. The van der Waals surface area contributed by atoms with E-state index in [1.165, 1.54) is 39.8 Å². The summed E-state index contributed by atoms with van der Waals surface area (Å²) >= 11 is 0. The third kappa shape index (κ3) is 4.03. The van der Waals surface area contributed by atoms with Crippen LogP contribution < -0.4 is 10.1 Å². The Balaban J connectivity index is 2.27. The molecule has 0 spiro atoms. The van der Waals surface area contributed by atoms with Gasteiger partial charge in [0.2, 0.25) is 15.9 Å².